The molecule has 0 atom stereocenters. The van der Waals surface area contributed by atoms with Crippen LogP contribution in [-0.4, -0.2) is 15.4 Å². The number of aromatic nitrogens is 2. The molecule has 0 saturated heterocycles. The first-order chi connectivity index (χ1) is 7.75. The molecule has 1 heterocycles. The summed E-state index contributed by atoms with van der Waals surface area (Å²) in [5.41, 5.74) is 1.39. The standard InChI is InChI=1S/C11H7IN2OS/c12-9-3-1-8(2-4-9)11(15)6-5-10-7-16-14-13-10/h1-7H/b6-5-. The topological polar surface area (TPSA) is 42.9 Å². The predicted octanol–water partition coefficient (Wildman–Crippen LogP) is 3.04. The minimum absolute atomic E-state index is 0.0237. The van der Waals surface area contributed by atoms with Gasteiger partial charge in [0.25, 0.3) is 0 Å². The largest absolute Gasteiger partial charge is 0.289 e. The number of halogens is 1. The zero-order valence-electron chi connectivity index (χ0n) is 8.13. The van der Waals surface area contributed by atoms with E-state index in [1.165, 1.54) is 17.6 Å². The fourth-order valence-electron chi connectivity index (χ4n) is 1.12. The average molecular weight is 342 g/mol. The second-order valence-electron chi connectivity index (χ2n) is 3.03. The summed E-state index contributed by atoms with van der Waals surface area (Å²) in [4.78, 5) is 11.7. The lowest BCUT2D eigenvalue weighted by Crippen LogP contribution is -1.93. The molecule has 80 valence electrons. The molecule has 5 heteroatoms. The van der Waals surface area contributed by atoms with Gasteiger partial charge in [0.15, 0.2) is 5.78 Å². The van der Waals surface area contributed by atoms with Crippen molar-refractivity contribution in [2.75, 3.05) is 0 Å². The Morgan fingerprint density at radius 2 is 2.06 bits per heavy atom. The zero-order chi connectivity index (χ0) is 11.4. The number of ketones is 1. The van der Waals surface area contributed by atoms with Crippen LogP contribution in [0, 0.1) is 3.57 Å². The van der Waals surface area contributed by atoms with E-state index in [4.69, 9.17) is 0 Å². The third-order valence-electron chi connectivity index (χ3n) is 1.91. The number of hydrogen-bond acceptors (Lipinski definition) is 4. The Balaban J connectivity index is 2.11. The first-order valence-electron chi connectivity index (χ1n) is 4.51. The molecule has 16 heavy (non-hydrogen) atoms. The molecule has 0 N–H and O–H groups in total. The maximum absolute atomic E-state index is 11.7. The number of carbonyl (C=O) groups excluding carboxylic acids is 1. The fraction of sp³-hybridized carbons (Fsp3) is 0. The van der Waals surface area contributed by atoms with E-state index in [2.05, 4.69) is 32.2 Å². The van der Waals surface area contributed by atoms with E-state index in [0.717, 1.165) is 3.57 Å². The highest BCUT2D eigenvalue weighted by Gasteiger charge is 2.01. The van der Waals surface area contributed by atoms with Crippen LogP contribution in [-0.2, 0) is 0 Å². The van der Waals surface area contributed by atoms with Crippen molar-refractivity contribution < 1.29 is 4.79 Å². The van der Waals surface area contributed by atoms with Crippen molar-refractivity contribution in [1.82, 2.24) is 9.59 Å². The Hall–Kier alpha value is -1.08. The second-order valence-corrected chi connectivity index (χ2v) is 4.89. The highest BCUT2D eigenvalue weighted by Crippen LogP contribution is 2.09. The molecule has 3 nitrogen and oxygen atoms in total. The molecule has 0 unspecified atom stereocenters. The van der Waals surface area contributed by atoms with E-state index in [0.29, 0.717) is 11.3 Å². The lowest BCUT2D eigenvalue weighted by atomic mass is 10.1. The van der Waals surface area contributed by atoms with Gasteiger partial charge < -0.3 is 0 Å². The van der Waals surface area contributed by atoms with Crippen molar-refractivity contribution in [1.29, 1.82) is 0 Å². The van der Waals surface area contributed by atoms with Gasteiger partial charge in [0, 0.05) is 14.5 Å². The van der Waals surface area contributed by atoms with Gasteiger partial charge in [-0.2, -0.15) is 0 Å². The van der Waals surface area contributed by atoms with Crippen molar-refractivity contribution in [2.45, 2.75) is 0 Å². The molecule has 2 aromatic rings. The van der Waals surface area contributed by atoms with Crippen LogP contribution in [0.15, 0.2) is 35.7 Å². The minimum atomic E-state index is -0.0237. The Labute approximate surface area is 111 Å². The second kappa shape index (κ2) is 5.31. The third-order valence-corrected chi connectivity index (χ3v) is 3.15. The molecular formula is C11H7IN2OS. The molecule has 0 aliphatic heterocycles. The lowest BCUT2D eigenvalue weighted by Gasteiger charge is -1.95. The third kappa shape index (κ3) is 2.96. The summed E-state index contributed by atoms with van der Waals surface area (Å²) >= 11 is 3.47. The van der Waals surface area contributed by atoms with Crippen LogP contribution < -0.4 is 0 Å². The molecule has 0 fully saturated rings. The van der Waals surface area contributed by atoms with Crippen molar-refractivity contribution in [3.8, 4) is 0 Å². The van der Waals surface area contributed by atoms with Gasteiger partial charge in [0.1, 0.15) is 0 Å². The summed E-state index contributed by atoms with van der Waals surface area (Å²) < 4.78 is 4.83. The van der Waals surface area contributed by atoms with Crippen LogP contribution in [0.4, 0.5) is 0 Å². The van der Waals surface area contributed by atoms with E-state index in [1.54, 1.807) is 11.5 Å². The molecule has 0 aliphatic rings. The smallest absolute Gasteiger partial charge is 0.185 e. The Morgan fingerprint density at radius 1 is 1.31 bits per heavy atom. The quantitative estimate of drug-likeness (QED) is 0.489. The molecule has 0 saturated carbocycles. The van der Waals surface area contributed by atoms with Crippen molar-refractivity contribution in [3.05, 3.63) is 50.5 Å². The SMILES string of the molecule is O=C(/C=C\c1csnn1)c1ccc(I)cc1. The van der Waals surface area contributed by atoms with Gasteiger partial charge in [-0.05, 0) is 58.4 Å². The number of allylic oxidation sites excluding steroid dienone is 1. The van der Waals surface area contributed by atoms with Crippen LogP contribution in [0.5, 0.6) is 0 Å². The maximum Gasteiger partial charge on any atom is 0.185 e. The summed E-state index contributed by atoms with van der Waals surface area (Å²) in [5, 5.41) is 5.61. The number of carbonyl (C=O) groups is 1. The molecule has 0 bridgehead atoms. The van der Waals surface area contributed by atoms with Crippen molar-refractivity contribution >= 4 is 46.0 Å². The molecule has 1 aromatic heterocycles. The van der Waals surface area contributed by atoms with Crippen LogP contribution >= 0.6 is 34.1 Å². The van der Waals surface area contributed by atoms with Crippen molar-refractivity contribution in [2.24, 2.45) is 0 Å². The van der Waals surface area contributed by atoms with E-state index >= 15 is 0 Å². The van der Waals surface area contributed by atoms with E-state index in [9.17, 15) is 4.79 Å². The van der Waals surface area contributed by atoms with E-state index < -0.39 is 0 Å². The van der Waals surface area contributed by atoms with Gasteiger partial charge in [0.2, 0.25) is 0 Å². The van der Waals surface area contributed by atoms with Gasteiger partial charge in [-0.15, -0.1) is 5.10 Å². The van der Waals surface area contributed by atoms with E-state index in [1.807, 2.05) is 24.3 Å². The van der Waals surface area contributed by atoms with Crippen LogP contribution in [0.2, 0.25) is 0 Å². The highest BCUT2D eigenvalue weighted by molar-refractivity contribution is 14.1. The lowest BCUT2D eigenvalue weighted by molar-refractivity contribution is 0.104. The molecule has 0 spiro atoms. The predicted molar refractivity (Wildman–Crippen MR) is 72.4 cm³/mol. The number of rotatable bonds is 3. The normalized spacial score (nSPS) is 10.8. The summed E-state index contributed by atoms with van der Waals surface area (Å²) in [6.07, 6.45) is 3.18. The molecule has 2 rings (SSSR count). The van der Waals surface area contributed by atoms with Crippen molar-refractivity contribution in [3.63, 3.8) is 0 Å². The van der Waals surface area contributed by atoms with Gasteiger partial charge in [0.05, 0.1) is 5.69 Å². The number of nitrogens with zero attached hydrogens (tertiary/aromatic N) is 2. The maximum atomic E-state index is 11.7. The molecule has 1 aromatic carbocycles. The summed E-state index contributed by atoms with van der Waals surface area (Å²) in [7, 11) is 0. The molecule has 0 aliphatic carbocycles. The summed E-state index contributed by atoms with van der Waals surface area (Å²) in [6, 6.07) is 7.44. The summed E-state index contributed by atoms with van der Waals surface area (Å²) in [5.74, 6) is -0.0237. The zero-order valence-corrected chi connectivity index (χ0v) is 11.1. The molecule has 0 amide bonds. The molecular weight excluding hydrogens is 335 g/mol. The van der Waals surface area contributed by atoms with Crippen LogP contribution in [0.3, 0.4) is 0 Å². The van der Waals surface area contributed by atoms with E-state index in [-0.39, 0.29) is 5.78 Å². The Kier molecular flexibility index (Phi) is 3.79. The number of hydrogen-bond donors (Lipinski definition) is 0. The van der Waals surface area contributed by atoms with Crippen LogP contribution in [0.1, 0.15) is 16.1 Å². The van der Waals surface area contributed by atoms with Gasteiger partial charge in [-0.25, -0.2) is 0 Å². The van der Waals surface area contributed by atoms with Gasteiger partial charge >= 0.3 is 0 Å². The van der Waals surface area contributed by atoms with Gasteiger partial charge in [-0.3, -0.25) is 4.79 Å². The van der Waals surface area contributed by atoms with Crippen LogP contribution in [0.25, 0.3) is 6.08 Å². The monoisotopic (exact) mass is 342 g/mol. The van der Waals surface area contributed by atoms with Gasteiger partial charge in [-0.1, -0.05) is 16.6 Å². The fourth-order valence-corrected chi connectivity index (χ4v) is 1.90. The molecule has 0 radical (unpaired) electrons. The Morgan fingerprint density at radius 3 is 2.69 bits per heavy atom. The summed E-state index contributed by atoms with van der Waals surface area (Å²) in [6.45, 7) is 0. The highest BCUT2D eigenvalue weighted by atomic mass is 127. The minimum Gasteiger partial charge on any atom is -0.289 e. The first kappa shape index (κ1) is 11.4. The Bertz CT molecular complexity index is 505. The number of benzene rings is 1. The average Bonchev–Trinajstić information content (AvgIpc) is 2.80. The first-order valence-corrected chi connectivity index (χ1v) is 6.42.